The van der Waals surface area contributed by atoms with Gasteiger partial charge in [-0.05, 0) is 43.7 Å². The Labute approximate surface area is 165 Å². The van der Waals surface area contributed by atoms with Crippen molar-refractivity contribution in [3.05, 3.63) is 53.8 Å². The fourth-order valence-electron chi connectivity index (χ4n) is 3.05. The van der Waals surface area contributed by atoms with Gasteiger partial charge in [0.25, 0.3) is 0 Å². The molecule has 27 heavy (non-hydrogen) atoms. The van der Waals surface area contributed by atoms with Crippen molar-refractivity contribution in [2.75, 3.05) is 37.7 Å². The quantitative estimate of drug-likeness (QED) is 0.434. The summed E-state index contributed by atoms with van der Waals surface area (Å²) in [5.41, 5.74) is 1.17. The normalized spacial score (nSPS) is 17.0. The lowest BCUT2D eigenvalue weighted by Gasteiger charge is -2.20. The van der Waals surface area contributed by atoms with E-state index in [1.54, 1.807) is 12.4 Å². The van der Waals surface area contributed by atoms with Crippen LogP contribution >= 0.6 is 11.6 Å². The highest BCUT2D eigenvalue weighted by Gasteiger charge is 2.23. The zero-order valence-corrected chi connectivity index (χ0v) is 16.3. The molecule has 0 aliphatic carbocycles. The third-order valence-electron chi connectivity index (χ3n) is 4.31. The molecule has 2 heterocycles. The van der Waals surface area contributed by atoms with Gasteiger partial charge in [0.15, 0.2) is 5.96 Å². The maximum atomic E-state index is 6.11. The fraction of sp³-hybridized carbons (Fsp3) is 0.400. The molecule has 3 rings (SSSR count). The predicted octanol–water partition coefficient (Wildman–Crippen LogP) is 2.95. The first-order valence-corrected chi connectivity index (χ1v) is 9.70. The molecule has 1 atom stereocenters. The van der Waals surface area contributed by atoms with Gasteiger partial charge in [0.1, 0.15) is 12.4 Å². The van der Waals surface area contributed by atoms with E-state index in [-0.39, 0.29) is 0 Å². The molecule has 0 saturated carbocycles. The summed E-state index contributed by atoms with van der Waals surface area (Å²) >= 11 is 6.11. The molecule has 1 aliphatic rings. The molecule has 1 unspecified atom stereocenters. The highest BCUT2D eigenvalue weighted by Crippen LogP contribution is 2.23. The molecule has 6 nitrogen and oxygen atoms in total. The standard InChI is InChI=1S/C20H26ClN5O/c1-2-23-20(24-10-12-27-19-7-4-9-22-14-19)25-17-8-11-26(15-17)18-6-3-5-16(21)13-18/h3-7,9,13-14,17H,2,8,10-12,15H2,1H3,(H2,23,24,25). The van der Waals surface area contributed by atoms with Gasteiger partial charge in [-0.25, -0.2) is 4.99 Å². The Morgan fingerprint density at radius 3 is 3.07 bits per heavy atom. The molecule has 0 spiro atoms. The Hall–Kier alpha value is -2.47. The fourth-order valence-corrected chi connectivity index (χ4v) is 3.24. The summed E-state index contributed by atoms with van der Waals surface area (Å²) < 4.78 is 5.64. The maximum absolute atomic E-state index is 6.11. The molecule has 1 saturated heterocycles. The SMILES string of the molecule is CCNC(=NCCOc1cccnc1)NC1CCN(c2cccc(Cl)c2)C1. The van der Waals surface area contributed by atoms with Crippen molar-refractivity contribution in [1.82, 2.24) is 15.6 Å². The second-order valence-corrected chi connectivity index (χ2v) is 6.79. The van der Waals surface area contributed by atoms with Crippen molar-refractivity contribution in [2.24, 2.45) is 4.99 Å². The van der Waals surface area contributed by atoms with Gasteiger partial charge in [0.05, 0.1) is 12.7 Å². The summed E-state index contributed by atoms with van der Waals surface area (Å²) in [6.07, 6.45) is 4.49. The first-order chi connectivity index (χ1) is 13.2. The molecule has 1 aromatic heterocycles. The smallest absolute Gasteiger partial charge is 0.191 e. The van der Waals surface area contributed by atoms with Gasteiger partial charge in [0, 0.05) is 42.6 Å². The van der Waals surface area contributed by atoms with Crippen molar-refractivity contribution in [3.8, 4) is 5.75 Å². The summed E-state index contributed by atoms with van der Waals surface area (Å²) in [5.74, 6) is 1.59. The number of nitrogens with one attached hydrogen (secondary N) is 2. The van der Waals surface area contributed by atoms with E-state index in [1.165, 1.54) is 5.69 Å². The van der Waals surface area contributed by atoms with Crippen molar-refractivity contribution in [2.45, 2.75) is 19.4 Å². The molecular weight excluding hydrogens is 362 g/mol. The molecule has 0 radical (unpaired) electrons. The van der Waals surface area contributed by atoms with Crippen LogP contribution in [-0.2, 0) is 0 Å². The monoisotopic (exact) mass is 387 g/mol. The van der Waals surface area contributed by atoms with Crippen LogP contribution in [0.5, 0.6) is 5.75 Å². The van der Waals surface area contributed by atoms with Crippen LogP contribution in [0.25, 0.3) is 0 Å². The summed E-state index contributed by atoms with van der Waals surface area (Å²) in [5, 5.41) is 7.60. The molecule has 0 bridgehead atoms. The number of hydrogen-bond donors (Lipinski definition) is 2. The molecule has 1 aromatic carbocycles. The topological polar surface area (TPSA) is 61.8 Å². The Morgan fingerprint density at radius 1 is 1.37 bits per heavy atom. The number of anilines is 1. The third-order valence-corrected chi connectivity index (χ3v) is 4.55. The number of hydrogen-bond acceptors (Lipinski definition) is 4. The molecule has 1 fully saturated rings. The van der Waals surface area contributed by atoms with Crippen molar-refractivity contribution >= 4 is 23.2 Å². The highest BCUT2D eigenvalue weighted by atomic mass is 35.5. The first kappa shape index (κ1) is 19.3. The average molecular weight is 388 g/mol. The van der Waals surface area contributed by atoms with E-state index in [9.17, 15) is 0 Å². The van der Waals surface area contributed by atoms with E-state index >= 15 is 0 Å². The van der Waals surface area contributed by atoms with Gasteiger partial charge in [-0.15, -0.1) is 0 Å². The Kier molecular flexibility index (Phi) is 7.16. The van der Waals surface area contributed by atoms with E-state index < -0.39 is 0 Å². The third kappa shape index (κ3) is 6.03. The van der Waals surface area contributed by atoms with Crippen LogP contribution in [0.2, 0.25) is 5.02 Å². The summed E-state index contributed by atoms with van der Waals surface area (Å²) in [7, 11) is 0. The van der Waals surface area contributed by atoms with Gasteiger partial charge in [-0.2, -0.15) is 0 Å². The second-order valence-electron chi connectivity index (χ2n) is 6.35. The lowest BCUT2D eigenvalue weighted by molar-refractivity contribution is 0.327. The summed E-state index contributed by atoms with van der Waals surface area (Å²) in [6.45, 7) is 5.91. The van der Waals surface area contributed by atoms with E-state index in [0.717, 1.165) is 42.8 Å². The molecule has 7 heteroatoms. The number of ether oxygens (including phenoxy) is 1. The number of nitrogens with zero attached hydrogens (tertiary/aromatic N) is 3. The number of halogens is 1. The van der Waals surface area contributed by atoms with Gasteiger partial charge in [-0.3, -0.25) is 4.98 Å². The number of rotatable bonds is 7. The molecule has 144 valence electrons. The summed E-state index contributed by atoms with van der Waals surface area (Å²) in [4.78, 5) is 11.0. The molecular formula is C20H26ClN5O. The zero-order chi connectivity index (χ0) is 18.9. The van der Waals surface area contributed by atoms with E-state index in [0.29, 0.717) is 19.2 Å². The number of benzene rings is 1. The van der Waals surface area contributed by atoms with E-state index in [4.69, 9.17) is 16.3 Å². The number of pyridine rings is 1. The molecule has 2 aromatic rings. The number of guanidine groups is 1. The van der Waals surface area contributed by atoms with Crippen LogP contribution in [0, 0.1) is 0 Å². The van der Waals surface area contributed by atoms with Gasteiger partial charge < -0.3 is 20.3 Å². The Morgan fingerprint density at radius 2 is 2.30 bits per heavy atom. The van der Waals surface area contributed by atoms with Crippen LogP contribution in [0.15, 0.2) is 53.8 Å². The van der Waals surface area contributed by atoms with Gasteiger partial charge in [0.2, 0.25) is 0 Å². The minimum Gasteiger partial charge on any atom is -0.490 e. The largest absolute Gasteiger partial charge is 0.490 e. The minimum atomic E-state index is 0.348. The summed E-state index contributed by atoms with van der Waals surface area (Å²) in [6, 6.07) is 12.1. The number of aliphatic imine (C=N–C) groups is 1. The van der Waals surface area contributed by atoms with Crippen LogP contribution in [-0.4, -0.2) is 49.8 Å². The second kappa shape index (κ2) is 10.0. The van der Waals surface area contributed by atoms with Crippen LogP contribution in [0.4, 0.5) is 5.69 Å². The van der Waals surface area contributed by atoms with Crippen LogP contribution < -0.4 is 20.3 Å². The first-order valence-electron chi connectivity index (χ1n) is 9.33. The average Bonchev–Trinajstić information content (AvgIpc) is 3.15. The van der Waals surface area contributed by atoms with Crippen molar-refractivity contribution in [1.29, 1.82) is 0 Å². The van der Waals surface area contributed by atoms with Gasteiger partial charge >= 0.3 is 0 Å². The van der Waals surface area contributed by atoms with Crippen LogP contribution in [0.1, 0.15) is 13.3 Å². The minimum absolute atomic E-state index is 0.348. The van der Waals surface area contributed by atoms with Crippen molar-refractivity contribution < 1.29 is 4.74 Å². The maximum Gasteiger partial charge on any atom is 0.191 e. The van der Waals surface area contributed by atoms with Gasteiger partial charge in [-0.1, -0.05) is 17.7 Å². The molecule has 0 amide bonds. The van der Waals surface area contributed by atoms with E-state index in [1.807, 2.05) is 30.3 Å². The van der Waals surface area contributed by atoms with Crippen LogP contribution in [0.3, 0.4) is 0 Å². The zero-order valence-electron chi connectivity index (χ0n) is 15.6. The lowest BCUT2D eigenvalue weighted by Crippen LogP contribution is -2.44. The highest BCUT2D eigenvalue weighted by molar-refractivity contribution is 6.30. The lowest BCUT2D eigenvalue weighted by atomic mass is 10.3. The molecule has 1 aliphatic heterocycles. The Balaban J connectivity index is 1.48. The van der Waals surface area contributed by atoms with E-state index in [2.05, 4.69) is 38.5 Å². The molecule has 2 N–H and O–H groups in total. The number of aromatic nitrogens is 1. The predicted molar refractivity (Wildman–Crippen MR) is 111 cm³/mol. The van der Waals surface area contributed by atoms with Crippen molar-refractivity contribution in [3.63, 3.8) is 0 Å². The Bertz CT molecular complexity index is 740.